The van der Waals surface area contributed by atoms with Crippen LogP contribution in [0.2, 0.25) is 0 Å². The topological polar surface area (TPSA) is 84.8 Å². The Bertz CT molecular complexity index is 1230. The minimum Gasteiger partial charge on any atom is -0.493 e. The molecule has 35 heavy (non-hydrogen) atoms. The molecule has 0 aromatic heterocycles. The Hall–Kier alpha value is -4.33. The Kier molecular flexibility index (Phi) is 7.30. The number of carbonyl (C=O) groups is 1. The Morgan fingerprint density at radius 1 is 0.971 bits per heavy atom. The van der Waals surface area contributed by atoms with E-state index in [1.165, 1.54) is 26.9 Å². The van der Waals surface area contributed by atoms with Crippen molar-refractivity contribution in [3.05, 3.63) is 82.9 Å². The number of methoxy groups -OCH3 is 3. The molecule has 1 aliphatic heterocycles. The van der Waals surface area contributed by atoms with Gasteiger partial charge in [-0.3, -0.25) is 9.80 Å². The number of amides is 1. The predicted octanol–water partition coefficient (Wildman–Crippen LogP) is 4.40. The number of nitrogens with zero attached hydrogens (tertiary/aromatic N) is 3. The highest BCUT2D eigenvalue weighted by atomic mass is 16.5. The molecule has 1 N–H and O–H groups in total. The number of carbonyl (C=O) groups excluding carboxylic acids is 1. The van der Waals surface area contributed by atoms with Crippen LogP contribution in [0.15, 0.2) is 70.9 Å². The monoisotopic (exact) mass is 472 g/mol. The molecule has 1 amide bonds. The lowest BCUT2D eigenvalue weighted by molar-refractivity contribution is 0.0954. The molecule has 1 aliphatic rings. The van der Waals surface area contributed by atoms with E-state index in [-0.39, 0.29) is 0 Å². The zero-order chi connectivity index (χ0) is 24.8. The highest BCUT2D eigenvalue weighted by Gasteiger charge is 2.18. The summed E-state index contributed by atoms with van der Waals surface area (Å²) in [6.45, 7) is 2.91. The normalized spacial score (nSPS) is 13.0. The summed E-state index contributed by atoms with van der Waals surface area (Å²) in [6, 6.07) is 19.4. The van der Waals surface area contributed by atoms with Crippen LogP contribution in [0, 0.1) is 6.92 Å². The van der Waals surface area contributed by atoms with E-state index in [9.17, 15) is 4.79 Å². The average molecular weight is 473 g/mol. The van der Waals surface area contributed by atoms with Crippen molar-refractivity contribution in [2.75, 3.05) is 32.9 Å². The third-order valence-corrected chi connectivity index (χ3v) is 5.68. The molecule has 0 spiro atoms. The van der Waals surface area contributed by atoms with Crippen LogP contribution < -0.4 is 24.6 Å². The number of hydrogen-bond donors (Lipinski definition) is 1. The number of hydrogen-bond acceptors (Lipinski definition) is 7. The summed E-state index contributed by atoms with van der Waals surface area (Å²) in [4.78, 5) is 12.6. The Morgan fingerprint density at radius 2 is 1.63 bits per heavy atom. The van der Waals surface area contributed by atoms with Gasteiger partial charge in [-0.2, -0.15) is 10.2 Å². The van der Waals surface area contributed by atoms with Gasteiger partial charge in [0.05, 0.1) is 38.9 Å². The third-order valence-electron chi connectivity index (χ3n) is 5.68. The highest BCUT2D eigenvalue weighted by molar-refractivity contribution is 6.02. The second kappa shape index (κ2) is 10.7. The first kappa shape index (κ1) is 23.8. The number of rotatable bonds is 8. The van der Waals surface area contributed by atoms with E-state index in [2.05, 4.69) is 41.7 Å². The van der Waals surface area contributed by atoms with Gasteiger partial charge >= 0.3 is 0 Å². The van der Waals surface area contributed by atoms with Crippen molar-refractivity contribution in [2.24, 2.45) is 10.2 Å². The van der Waals surface area contributed by atoms with E-state index in [1.807, 2.05) is 29.3 Å². The molecule has 0 fully saturated rings. The Morgan fingerprint density at radius 3 is 2.23 bits per heavy atom. The SMILES string of the molecule is COc1cc(C(=O)NN=Cc2ccc(N3CCC(c4ccc(C)cc4)=N3)cc2)cc(OC)c1OC. The van der Waals surface area contributed by atoms with E-state index in [0.29, 0.717) is 22.8 Å². The van der Waals surface area contributed by atoms with Crippen LogP contribution in [-0.2, 0) is 0 Å². The molecule has 1 heterocycles. The highest BCUT2D eigenvalue weighted by Crippen LogP contribution is 2.38. The van der Waals surface area contributed by atoms with Crippen molar-refractivity contribution in [3.8, 4) is 17.2 Å². The van der Waals surface area contributed by atoms with Crippen LogP contribution in [0.3, 0.4) is 0 Å². The molecule has 3 aromatic carbocycles. The maximum absolute atomic E-state index is 12.6. The lowest BCUT2D eigenvalue weighted by Crippen LogP contribution is -2.18. The predicted molar refractivity (Wildman–Crippen MR) is 137 cm³/mol. The second-order valence-corrected chi connectivity index (χ2v) is 7.99. The molecule has 0 unspecified atom stereocenters. The van der Waals surface area contributed by atoms with E-state index < -0.39 is 5.91 Å². The van der Waals surface area contributed by atoms with Crippen LogP contribution in [0.1, 0.15) is 33.5 Å². The average Bonchev–Trinajstić information content (AvgIpc) is 3.38. The number of nitrogens with one attached hydrogen (secondary N) is 1. The molecule has 0 aliphatic carbocycles. The maximum atomic E-state index is 12.6. The van der Waals surface area contributed by atoms with Gasteiger partial charge < -0.3 is 14.2 Å². The fourth-order valence-electron chi connectivity index (χ4n) is 3.77. The standard InChI is InChI=1S/C27H28N4O4/c1-18-5-9-20(10-6-18)23-13-14-31(30-23)22-11-7-19(8-12-22)17-28-29-27(32)21-15-24(33-2)26(35-4)25(16-21)34-3/h5-12,15-17H,13-14H2,1-4H3,(H,29,32). The molecular weight excluding hydrogens is 444 g/mol. The second-order valence-electron chi connectivity index (χ2n) is 7.99. The summed E-state index contributed by atoms with van der Waals surface area (Å²) in [5.41, 5.74) is 8.20. The summed E-state index contributed by atoms with van der Waals surface area (Å²) in [7, 11) is 4.50. The van der Waals surface area contributed by atoms with Crippen molar-refractivity contribution >= 4 is 23.5 Å². The summed E-state index contributed by atoms with van der Waals surface area (Å²) in [5.74, 6) is 0.814. The van der Waals surface area contributed by atoms with E-state index in [4.69, 9.17) is 19.3 Å². The first-order chi connectivity index (χ1) is 17.0. The molecule has 0 radical (unpaired) electrons. The maximum Gasteiger partial charge on any atom is 0.271 e. The van der Waals surface area contributed by atoms with Crippen LogP contribution in [-0.4, -0.2) is 45.7 Å². The van der Waals surface area contributed by atoms with Crippen LogP contribution in [0.5, 0.6) is 17.2 Å². The number of ether oxygens (including phenoxy) is 3. The minimum atomic E-state index is -0.396. The molecule has 0 saturated carbocycles. The van der Waals surface area contributed by atoms with Crippen LogP contribution in [0.25, 0.3) is 0 Å². The quantitative estimate of drug-likeness (QED) is 0.388. The van der Waals surface area contributed by atoms with Gasteiger partial charge in [-0.25, -0.2) is 5.43 Å². The number of anilines is 1. The van der Waals surface area contributed by atoms with Crippen LogP contribution >= 0.6 is 0 Å². The largest absolute Gasteiger partial charge is 0.493 e. The van der Waals surface area contributed by atoms with Crippen molar-refractivity contribution in [2.45, 2.75) is 13.3 Å². The summed E-state index contributed by atoms with van der Waals surface area (Å²) >= 11 is 0. The van der Waals surface area contributed by atoms with E-state index >= 15 is 0 Å². The summed E-state index contributed by atoms with van der Waals surface area (Å²) in [6.07, 6.45) is 2.49. The van der Waals surface area contributed by atoms with Crippen molar-refractivity contribution in [1.82, 2.24) is 5.43 Å². The van der Waals surface area contributed by atoms with E-state index in [1.54, 1.807) is 18.3 Å². The molecule has 0 bridgehead atoms. The number of aryl methyl sites for hydroxylation is 1. The molecule has 0 atom stereocenters. The lowest BCUT2D eigenvalue weighted by atomic mass is 10.1. The van der Waals surface area contributed by atoms with Crippen LogP contribution in [0.4, 0.5) is 5.69 Å². The summed E-state index contributed by atoms with van der Waals surface area (Å²) in [5, 5.41) is 10.9. The molecule has 180 valence electrons. The minimum absolute atomic E-state index is 0.336. The molecule has 0 saturated heterocycles. The van der Waals surface area contributed by atoms with Crippen molar-refractivity contribution in [1.29, 1.82) is 0 Å². The van der Waals surface area contributed by atoms with Gasteiger partial charge in [0.2, 0.25) is 5.75 Å². The first-order valence-electron chi connectivity index (χ1n) is 11.2. The van der Waals surface area contributed by atoms with E-state index in [0.717, 1.165) is 35.5 Å². The van der Waals surface area contributed by atoms with Gasteiger partial charge in [-0.05, 0) is 42.3 Å². The van der Waals surface area contributed by atoms with Crippen molar-refractivity contribution in [3.63, 3.8) is 0 Å². The summed E-state index contributed by atoms with van der Waals surface area (Å²) < 4.78 is 15.9. The lowest BCUT2D eigenvalue weighted by Gasteiger charge is -2.13. The van der Waals surface area contributed by atoms with Gasteiger partial charge in [-0.15, -0.1) is 0 Å². The third kappa shape index (κ3) is 5.43. The fourth-order valence-corrected chi connectivity index (χ4v) is 3.77. The molecular formula is C27H28N4O4. The van der Waals surface area contributed by atoms with Gasteiger partial charge in [-0.1, -0.05) is 42.0 Å². The first-order valence-corrected chi connectivity index (χ1v) is 11.2. The number of benzene rings is 3. The molecule has 8 heteroatoms. The smallest absolute Gasteiger partial charge is 0.271 e. The number of hydrazone groups is 2. The molecule has 8 nitrogen and oxygen atoms in total. The van der Waals surface area contributed by atoms with Gasteiger partial charge in [0, 0.05) is 18.5 Å². The Labute approximate surface area is 204 Å². The zero-order valence-electron chi connectivity index (χ0n) is 20.2. The molecule has 3 aromatic rings. The zero-order valence-corrected chi connectivity index (χ0v) is 20.2. The molecule has 4 rings (SSSR count). The van der Waals surface area contributed by atoms with Gasteiger partial charge in [0.15, 0.2) is 11.5 Å². The van der Waals surface area contributed by atoms with Gasteiger partial charge in [0.25, 0.3) is 5.91 Å². The Balaban J connectivity index is 1.39. The fraction of sp³-hybridized carbons (Fsp3) is 0.222. The van der Waals surface area contributed by atoms with Gasteiger partial charge in [0.1, 0.15) is 0 Å². The van der Waals surface area contributed by atoms with Crippen molar-refractivity contribution < 1.29 is 19.0 Å².